The van der Waals surface area contributed by atoms with Gasteiger partial charge in [0.1, 0.15) is 24.8 Å². The van der Waals surface area contributed by atoms with Crippen LogP contribution in [-0.4, -0.2) is 48.6 Å². The van der Waals surface area contributed by atoms with Gasteiger partial charge in [0.2, 0.25) is 11.8 Å². The van der Waals surface area contributed by atoms with Gasteiger partial charge in [-0.2, -0.15) is 0 Å². The standard InChI is InChI=1S/C21H31N3O6/c1-14(2)18(24-20(28)30-21(3,4)5)19(27)23-11-16(25)22-12-17(26)29-13-15-9-7-6-8-10-15/h6-10,14,18H,11-13H2,1-5H3,(H,22,25)(H,23,27)(H,24,28)/t18-/m0/s1. The van der Waals surface area contributed by atoms with Crippen LogP contribution in [0.15, 0.2) is 30.3 Å². The van der Waals surface area contributed by atoms with Gasteiger partial charge in [-0.25, -0.2) is 4.79 Å². The smallest absolute Gasteiger partial charge is 0.408 e. The Hall–Kier alpha value is -3.10. The number of carbonyl (C=O) groups is 4. The number of ether oxygens (including phenoxy) is 2. The Labute approximate surface area is 176 Å². The number of nitrogens with one attached hydrogen (secondary N) is 3. The molecule has 0 heterocycles. The molecule has 9 heteroatoms. The number of benzene rings is 1. The van der Waals surface area contributed by atoms with E-state index in [0.29, 0.717) is 0 Å². The first-order valence-electron chi connectivity index (χ1n) is 9.71. The van der Waals surface area contributed by atoms with E-state index in [1.54, 1.807) is 34.6 Å². The van der Waals surface area contributed by atoms with Crippen molar-refractivity contribution in [1.82, 2.24) is 16.0 Å². The third kappa shape index (κ3) is 10.4. The van der Waals surface area contributed by atoms with Crippen molar-refractivity contribution in [2.24, 2.45) is 5.92 Å². The van der Waals surface area contributed by atoms with E-state index in [0.717, 1.165) is 5.56 Å². The van der Waals surface area contributed by atoms with E-state index < -0.39 is 35.5 Å². The molecule has 0 saturated heterocycles. The van der Waals surface area contributed by atoms with Gasteiger partial charge in [0.25, 0.3) is 0 Å². The normalized spacial score (nSPS) is 11.9. The monoisotopic (exact) mass is 421 g/mol. The van der Waals surface area contributed by atoms with Crippen molar-refractivity contribution in [3.63, 3.8) is 0 Å². The van der Waals surface area contributed by atoms with E-state index >= 15 is 0 Å². The summed E-state index contributed by atoms with van der Waals surface area (Å²) in [5.41, 5.74) is 0.138. The molecule has 0 spiro atoms. The van der Waals surface area contributed by atoms with E-state index in [-0.39, 0.29) is 25.6 Å². The molecule has 1 rings (SSSR count). The number of carbonyl (C=O) groups excluding carboxylic acids is 4. The predicted octanol–water partition coefficient (Wildman–Crippen LogP) is 1.51. The minimum Gasteiger partial charge on any atom is -0.460 e. The molecule has 9 nitrogen and oxygen atoms in total. The van der Waals surface area contributed by atoms with Crippen molar-refractivity contribution >= 4 is 23.9 Å². The maximum atomic E-state index is 12.3. The van der Waals surface area contributed by atoms with Gasteiger partial charge in [-0.15, -0.1) is 0 Å². The van der Waals surface area contributed by atoms with Crippen LogP contribution < -0.4 is 16.0 Å². The molecule has 3 N–H and O–H groups in total. The summed E-state index contributed by atoms with van der Waals surface area (Å²) in [6.07, 6.45) is -0.720. The summed E-state index contributed by atoms with van der Waals surface area (Å²) >= 11 is 0. The van der Waals surface area contributed by atoms with Crippen molar-refractivity contribution in [3.8, 4) is 0 Å². The minimum atomic E-state index is -0.872. The first-order chi connectivity index (χ1) is 14.0. The lowest BCUT2D eigenvalue weighted by Gasteiger charge is -2.25. The average molecular weight is 421 g/mol. The maximum Gasteiger partial charge on any atom is 0.408 e. The molecule has 1 aromatic carbocycles. The molecule has 0 radical (unpaired) electrons. The molecule has 0 aliphatic carbocycles. The first-order valence-corrected chi connectivity index (χ1v) is 9.71. The maximum absolute atomic E-state index is 12.3. The number of hydrogen-bond acceptors (Lipinski definition) is 6. The largest absolute Gasteiger partial charge is 0.460 e. The first kappa shape index (κ1) is 24.9. The molecule has 0 aromatic heterocycles. The second kappa shape index (κ2) is 11.8. The van der Waals surface area contributed by atoms with E-state index in [4.69, 9.17) is 9.47 Å². The van der Waals surface area contributed by atoms with Crippen LogP contribution in [0.1, 0.15) is 40.2 Å². The van der Waals surface area contributed by atoms with Gasteiger partial charge in [0.15, 0.2) is 0 Å². The average Bonchev–Trinajstić information content (AvgIpc) is 2.66. The second-order valence-electron chi connectivity index (χ2n) is 8.01. The van der Waals surface area contributed by atoms with Crippen LogP contribution >= 0.6 is 0 Å². The number of esters is 1. The van der Waals surface area contributed by atoms with E-state index in [2.05, 4.69) is 16.0 Å². The molecule has 0 saturated carbocycles. The van der Waals surface area contributed by atoms with Gasteiger partial charge >= 0.3 is 12.1 Å². The summed E-state index contributed by atoms with van der Waals surface area (Å²) in [4.78, 5) is 47.8. The zero-order valence-corrected chi connectivity index (χ0v) is 18.1. The van der Waals surface area contributed by atoms with Gasteiger partial charge in [0, 0.05) is 0 Å². The Bertz CT molecular complexity index is 728. The summed E-state index contributed by atoms with van der Waals surface area (Å²) < 4.78 is 10.2. The third-order valence-corrected chi connectivity index (χ3v) is 3.72. The SMILES string of the molecule is CC(C)[C@H](NC(=O)OC(C)(C)C)C(=O)NCC(=O)NCC(=O)OCc1ccccc1. The molecule has 30 heavy (non-hydrogen) atoms. The molecule has 0 aliphatic heterocycles. The number of rotatable bonds is 9. The van der Waals surface area contributed by atoms with Gasteiger partial charge in [-0.3, -0.25) is 14.4 Å². The van der Waals surface area contributed by atoms with Crippen molar-refractivity contribution in [2.75, 3.05) is 13.1 Å². The molecular formula is C21H31N3O6. The Balaban J connectivity index is 2.37. The highest BCUT2D eigenvalue weighted by molar-refractivity contribution is 5.90. The van der Waals surface area contributed by atoms with Crippen molar-refractivity contribution in [3.05, 3.63) is 35.9 Å². The topological polar surface area (TPSA) is 123 Å². The molecule has 0 aliphatic rings. The lowest BCUT2D eigenvalue weighted by Crippen LogP contribution is -2.52. The Morgan fingerprint density at radius 2 is 1.60 bits per heavy atom. The molecule has 0 fully saturated rings. The van der Waals surface area contributed by atoms with Crippen molar-refractivity contribution in [1.29, 1.82) is 0 Å². The van der Waals surface area contributed by atoms with Gasteiger partial charge in [-0.05, 0) is 32.3 Å². The van der Waals surface area contributed by atoms with Crippen LogP contribution in [0.2, 0.25) is 0 Å². The Morgan fingerprint density at radius 1 is 0.967 bits per heavy atom. The predicted molar refractivity (Wildman–Crippen MR) is 110 cm³/mol. The summed E-state index contributed by atoms with van der Waals surface area (Å²) in [6, 6.07) is 8.27. The minimum absolute atomic E-state index is 0.110. The van der Waals surface area contributed by atoms with Gasteiger partial charge in [0.05, 0.1) is 6.54 Å². The Morgan fingerprint density at radius 3 is 2.17 bits per heavy atom. The lowest BCUT2D eigenvalue weighted by atomic mass is 10.0. The van der Waals surface area contributed by atoms with Crippen LogP contribution in [0.25, 0.3) is 0 Å². The number of alkyl carbamates (subject to hydrolysis) is 1. The van der Waals surface area contributed by atoms with E-state index in [1.165, 1.54) is 0 Å². The third-order valence-electron chi connectivity index (χ3n) is 3.72. The highest BCUT2D eigenvalue weighted by atomic mass is 16.6. The second-order valence-corrected chi connectivity index (χ2v) is 8.01. The summed E-state index contributed by atoms with van der Waals surface area (Å²) in [5.74, 6) is -1.91. The van der Waals surface area contributed by atoms with Crippen molar-refractivity contribution in [2.45, 2.75) is 52.9 Å². The Kier molecular flexibility index (Phi) is 9.80. The molecule has 1 atom stereocenters. The molecule has 166 valence electrons. The molecule has 1 aromatic rings. The molecule has 3 amide bonds. The summed E-state index contributed by atoms with van der Waals surface area (Å²) in [5, 5.41) is 7.31. The fraction of sp³-hybridized carbons (Fsp3) is 0.524. The van der Waals surface area contributed by atoms with Gasteiger partial charge < -0.3 is 25.4 Å². The van der Waals surface area contributed by atoms with E-state index in [9.17, 15) is 19.2 Å². The number of amides is 3. The zero-order valence-electron chi connectivity index (χ0n) is 18.1. The summed E-state index contributed by atoms with van der Waals surface area (Å²) in [6.45, 7) is 8.10. The van der Waals surface area contributed by atoms with Crippen LogP contribution in [-0.2, 0) is 30.5 Å². The fourth-order valence-electron chi connectivity index (χ4n) is 2.27. The quantitative estimate of drug-likeness (QED) is 0.520. The van der Waals surface area contributed by atoms with Crippen molar-refractivity contribution < 1.29 is 28.7 Å². The highest BCUT2D eigenvalue weighted by Gasteiger charge is 2.27. The van der Waals surface area contributed by atoms with Crippen LogP contribution in [0.5, 0.6) is 0 Å². The molecular weight excluding hydrogens is 390 g/mol. The highest BCUT2D eigenvalue weighted by Crippen LogP contribution is 2.09. The van der Waals surface area contributed by atoms with Crippen LogP contribution in [0.4, 0.5) is 4.79 Å². The van der Waals surface area contributed by atoms with E-state index in [1.807, 2.05) is 30.3 Å². The van der Waals surface area contributed by atoms with Gasteiger partial charge in [-0.1, -0.05) is 44.2 Å². The molecule has 0 unspecified atom stereocenters. The van der Waals surface area contributed by atoms with Crippen LogP contribution in [0, 0.1) is 5.92 Å². The lowest BCUT2D eigenvalue weighted by molar-refractivity contribution is -0.145. The van der Waals surface area contributed by atoms with Crippen LogP contribution in [0.3, 0.4) is 0 Å². The fourth-order valence-corrected chi connectivity index (χ4v) is 2.27. The molecule has 0 bridgehead atoms. The summed E-state index contributed by atoms with van der Waals surface area (Å²) in [7, 11) is 0. The number of hydrogen-bond donors (Lipinski definition) is 3. The zero-order chi connectivity index (χ0) is 22.7.